The number of anilines is 2. The molecule has 0 bridgehead atoms. The highest BCUT2D eigenvalue weighted by Gasteiger charge is 2.33. The van der Waals surface area contributed by atoms with E-state index in [0.717, 1.165) is 11.3 Å². The van der Waals surface area contributed by atoms with E-state index < -0.39 is 5.82 Å². The van der Waals surface area contributed by atoms with Crippen LogP contribution in [0.2, 0.25) is 0 Å². The second kappa shape index (κ2) is 7.72. The summed E-state index contributed by atoms with van der Waals surface area (Å²) in [5.74, 6) is -0.418. The molecule has 0 radical (unpaired) electrons. The van der Waals surface area contributed by atoms with Crippen LogP contribution in [0, 0.1) is 5.82 Å². The van der Waals surface area contributed by atoms with Crippen LogP contribution in [0.4, 0.5) is 15.8 Å². The van der Waals surface area contributed by atoms with E-state index in [9.17, 15) is 9.18 Å². The van der Waals surface area contributed by atoms with Crippen molar-refractivity contribution in [1.29, 1.82) is 0 Å². The summed E-state index contributed by atoms with van der Waals surface area (Å²) in [6.07, 6.45) is 1.73. The molecule has 1 amide bonds. The molecule has 0 aliphatic carbocycles. The zero-order chi connectivity index (χ0) is 20.4. The minimum Gasteiger partial charge on any atom is -0.378 e. The minimum atomic E-state index is -0.420. The average molecular weight is 385 g/mol. The van der Waals surface area contributed by atoms with Crippen molar-refractivity contribution in [2.75, 3.05) is 23.9 Å². The molecule has 1 aliphatic rings. The average Bonchev–Trinajstić information content (AvgIpc) is 3.05. The molecule has 1 heterocycles. The molecule has 5 heteroatoms. The number of carbonyl (C=O) groups is 1. The number of amidine groups is 1. The van der Waals surface area contributed by atoms with Crippen molar-refractivity contribution in [3.05, 3.63) is 102 Å². The third-order valence-electron chi connectivity index (χ3n) is 4.70. The second-order valence-corrected chi connectivity index (χ2v) is 6.91. The Balaban J connectivity index is 1.79. The first-order valence-electron chi connectivity index (χ1n) is 9.27. The largest absolute Gasteiger partial charge is 0.378 e. The van der Waals surface area contributed by atoms with Gasteiger partial charge in [-0.15, -0.1) is 0 Å². The maximum Gasteiger partial charge on any atom is 0.282 e. The van der Waals surface area contributed by atoms with Gasteiger partial charge in [-0.3, -0.25) is 9.69 Å². The molecular weight excluding hydrogens is 365 g/mol. The van der Waals surface area contributed by atoms with Crippen LogP contribution in [0.5, 0.6) is 0 Å². The zero-order valence-electron chi connectivity index (χ0n) is 16.2. The Morgan fingerprint density at radius 1 is 0.897 bits per heavy atom. The molecule has 0 aromatic heterocycles. The van der Waals surface area contributed by atoms with Gasteiger partial charge in [-0.2, -0.15) is 0 Å². The van der Waals surface area contributed by atoms with E-state index in [4.69, 9.17) is 0 Å². The van der Waals surface area contributed by atoms with Gasteiger partial charge in [0.15, 0.2) is 5.84 Å². The summed E-state index contributed by atoms with van der Waals surface area (Å²) in [6, 6.07) is 23.3. The van der Waals surface area contributed by atoms with Crippen molar-refractivity contribution in [1.82, 2.24) is 0 Å². The summed E-state index contributed by atoms with van der Waals surface area (Å²) in [6.45, 7) is 0. The molecule has 1 aliphatic heterocycles. The monoisotopic (exact) mass is 385 g/mol. The number of hydrogen-bond acceptors (Lipinski definition) is 3. The summed E-state index contributed by atoms with van der Waals surface area (Å²) in [7, 11) is 3.94. The van der Waals surface area contributed by atoms with Crippen molar-refractivity contribution in [3.63, 3.8) is 0 Å². The van der Waals surface area contributed by atoms with Crippen LogP contribution in [-0.2, 0) is 4.79 Å². The first-order valence-corrected chi connectivity index (χ1v) is 9.27. The van der Waals surface area contributed by atoms with Gasteiger partial charge in [0.1, 0.15) is 11.5 Å². The van der Waals surface area contributed by atoms with Crippen LogP contribution in [0.1, 0.15) is 11.1 Å². The standard InChI is InChI=1S/C24H20FN3O/c1-27(2)18-14-12-17(13-15-18)16-22-24(29)28(19-8-4-3-5-9-19)23(26-22)20-10-6-7-11-21(20)25/h3-16H,1-2H3/b22-16+. The topological polar surface area (TPSA) is 35.9 Å². The first kappa shape index (κ1) is 18.6. The number of halogens is 1. The lowest BCUT2D eigenvalue weighted by Crippen LogP contribution is -2.33. The van der Waals surface area contributed by atoms with E-state index >= 15 is 0 Å². The smallest absolute Gasteiger partial charge is 0.282 e. The highest BCUT2D eigenvalue weighted by atomic mass is 19.1. The SMILES string of the molecule is CN(C)c1ccc(/C=C2/N=C(c3ccccc3F)N(c3ccccc3)C2=O)cc1. The van der Waals surface area contributed by atoms with Gasteiger partial charge in [0.2, 0.25) is 0 Å². The van der Waals surface area contributed by atoms with Crippen LogP contribution in [-0.4, -0.2) is 25.8 Å². The van der Waals surface area contributed by atoms with Crippen LogP contribution in [0.15, 0.2) is 89.6 Å². The molecule has 0 N–H and O–H groups in total. The number of amides is 1. The maximum atomic E-state index is 14.5. The van der Waals surface area contributed by atoms with Crippen molar-refractivity contribution >= 4 is 29.2 Å². The Bertz CT molecular complexity index is 1100. The molecule has 0 atom stereocenters. The minimum absolute atomic E-state index is 0.268. The van der Waals surface area contributed by atoms with E-state index in [1.165, 1.54) is 11.0 Å². The molecule has 3 aromatic rings. The number of benzene rings is 3. The number of rotatable bonds is 4. The van der Waals surface area contributed by atoms with E-state index in [1.807, 2.05) is 73.6 Å². The summed E-state index contributed by atoms with van der Waals surface area (Å²) in [4.78, 5) is 21.2. The van der Waals surface area contributed by atoms with Crippen LogP contribution in [0.3, 0.4) is 0 Å². The summed E-state index contributed by atoms with van der Waals surface area (Å²) in [5.41, 5.74) is 3.11. The number of hydrogen-bond donors (Lipinski definition) is 0. The molecule has 144 valence electrons. The van der Waals surface area contributed by atoms with E-state index in [1.54, 1.807) is 24.3 Å². The highest BCUT2D eigenvalue weighted by Crippen LogP contribution is 2.28. The van der Waals surface area contributed by atoms with Gasteiger partial charge in [0, 0.05) is 19.8 Å². The van der Waals surface area contributed by atoms with E-state index in [0.29, 0.717) is 5.69 Å². The molecule has 0 saturated carbocycles. The number of carbonyl (C=O) groups excluding carboxylic acids is 1. The van der Waals surface area contributed by atoms with Crippen molar-refractivity contribution < 1.29 is 9.18 Å². The van der Waals surface area contributed by atoms with Gasteiger partial charge >= 0.3 is 0 Å². The van der Waals surface area contributed by atoms with Crippen LogP contribution in [0.25, 0.3) is 6.08 Å². The maximum absolute atomic E-state index is 14.5. The molecule has 29 heavy (non-hydrogen) atoms. The fourth-order valence-corrected chi connectivity index (χ4v) is 3.18. The lowest BCUT2D eigenvalue weighted by atomic mass is 10.1. The van der Waals surface area contributed by atoms with Gasteiger partial charge in [0.05, 0.1) is 11.3 Å². The molecule has 3 aromatic carbocycles. The molecule has 0 fully saturated rings. The van der Waals surface area contributed by atoms with Crippen LogP contribution < -0.4 is 9.80 Å². The highest BCUT2D eigenvalue weighted by molar-refractivity contribution is 6.33. The summed E-state index contributed by atoms with van der Waals surface area (Å²) >= 11 is 0. The van der Waals surface area contributed by atoms with E-state index in [2.05, 4.69) is 4.99 Å². The molecule has 0 spiro atoms. The first-order chi connectivity index (χ1) is 14.0. The number of para-hydroxylation sites is 1. The fourth-order valence-electron chi connectivity index (χ4n) is 3.18. The quantitative estimate of drug-likeness (QED) is 0.609. The lowest BCUT2D eigenvalue weighted by Gasteiger charge is -2.18. The van der Waals surface area contributed by atoms with Gasteiger partial charge in [-0.1, -0.05) is 42.5 Å². The van der Waals surface area contributed by atoms with Crippen molar-refractivity contribution in [3.8, 4) is 0 Å². The van der Waals surface area contributed by atoms with Gasteiger partial charge in [0.25, 0.3) is 5.91 Å². The zero-order valence-corrected chi connectivity index (χ0v) is 16.2. The van der Waals surface area contributed by atoms with Gasteiger partial charge in [-0.25, -0.2) is 9.38 Å². The summed E-state index contributed by atoms with van der Waals surface area (Å²) in [5, 5.41) is 0. The van der Waals surface area contributed by atoms with Gasteiger partial charge in [-0.05, 0) is 48.0 Å². The third kappa shape index (κ3) is 3.67. The predicted molar refractivity (Wildman–Crippen MR) is 116 cm³/mol. The molecule has 0 saturated heterocycles. The lowest BCUT2D eigenvalue weighted by molar-refractivity contribution is -0.113. The third-order valence-corrected chi connectivity index (χ3v) is 4.70. The molecule has 4 nitrogen and oxygen atoms in total. The molecule has 0 unspecified atom stereocenters. The predicted octanol–water partition coefficient (Wildman–Crippen LogP) is 4.73. The Kier molecular flexibility index (Phi) is 4.96. The van der Waals surface area contributed by atoms with Crippen LogP contribution >= 0.6 is 0 Å². The summed E-state index contributed by atoms with van der Waals surface area (Å²) < 4.78 is 14.5. The Hall–Kier alpha value is -3.73. The van der Waals surface area contributed by atoms with E-state index in [-0.39, 0.29) is 23.0 Å². The Morgan fingerprint density at radius 2 is 1.55 bits per heavy atom. The number of nitrogens with zero attached hydrogens (tertiary/aromatic N) is 3. The molecule has 4 rings (SSSR count). The Labute approximate surface area is 169 Å². The Morgan fingerprint density at radius 3 is 2.21 bits per heavy atom. The number of aliphatic imine (C=N–C) groups is 1. The normalized spacial score (nSPS) is 15.0. The van der Waals surface area contributed by atoms with Crippen molar-refractivity contribution in [2.45, 2.75) is 0 Å². The van der Waals surface area contributed by atoms with Crippen molar-refractivity contribution in [2.24, 2.45) is 4.99 Å². The second-order valence-electron chi connectivity index (χ2n) is 6.91. The van der Waals surface area contributed by atoms with Gasteiger partial charge < -0.3 is 4.90 Å². The fraction of sp³-hybridized carbons (Fsp3) is 0.0833. The molecular formula is C24H20FN3O.